The van der Waals surface area contributed by atoms with Crippen LogP contribution in [0.15, 0.2) is 23.2 Å². The molecule has 0 saturated carbocycles. The summed E-state index contributed by atoms with van der Waals surface area (Å²) in [6, 6.07) is 2.57. The molecule has 2 rings (SSSR count). The molecule has 0 fully saturated rings. The number of rotatable bonds is 11. The van der Waals surface area contributed by atoms with Crippen molar-refractivity contribution < 1.29 is 41.7 Å². The number of ether oxygens (including phenoxy) is 5. The van der Waals surface area contributed by atoms with Crippen LogP contribution in [0.2, 0.25) is 0 Å². The average Bonchev–Trinajstić information content (AvgIpc) is 3.17. The number of methoxy groups -OCH3 is 2. The van der Waals surface area contributed by atoms with Gasteiger partial charge in [0, 0.05) is 31.4 Å². The van der Waals surface area contributed by atoms with Crippen LogP contribution in [0.5, 0.6) is 11.6 Å². The minimum Gasteiger partial charge on any atom is -0.490 e. The van der Waals surface area contributed by atoms with Gasteiger partial charge in [-0.15, -0.1) is 0 Å². The first-order valence-electron chi connectivity index (χ1n) is 10.4. The third kappa shape index (κ3) is 6.26. The zero-order valence-electron chi connectivity index (χ0n) is 20.3. The summed E-state index contributed by atoms with van der Waals surface area (Å²) in [5.41, 5.74) is 0.646. The molecule has 0 saturated heterocycles. The van der Waals surface area contributed by atoms with Gasteiger partial charge in [0.1, 0.15) is 22.8 Å². The van der Waals surface area contributed by atoms with Crippen LogP contribution in [0.4, 0.5) is 4.79 Å². The summed E-state index contributed by atoms with van der Waals surface area (Å²) in [6.45, 7) is 7.08. The number of aromatic nitrogens is 2. The number of sulfone groups is 1. The molecule has 34 heavy (non-hydrogen) atoms. The molecule has 2 aromatic rings. The highest BCUT2D eigenvalue weighted by Gasteiger charge is 2.28. The second kappa shape index (κ2) is 11.3. The maximum Gasteiger partial charge on any atom is 0.511 e. The highest BCUT2D eigenvalue weighted by atomic mass is 32.2. The lowest BCUT2D eigenvalue weighted by atomic mass is 10.00. The Balaban J connectivity index is 2.54. The number of carbonyl (C=O) groups is 2. The van der Waals surface area contributed by atoms with E-state index in [4.69, 9.17) is 18.9 Å². The van der Waals surface area contributed by atoms with Crippen molar-refractivity contribution in [3.63, 3.8) is 0 Å². The van der Waals surface area contributed by atoms with Crippen LogP contribution in [-0.2, 0) is 24.0 Å². The highest BCUT2D eigenvalue weighted by molar-refractivity contribution is 7.90. The molecular formula is C22H30N2O9S. The van der Waals surface area contributed by atoms with Crippen LogP contribution in [-0.4, -0.2) is 70.1 Å². The van der Waals surface area contributed by atoms with E-state index in [1.165, 1.54) is 37.0 Å². The van der Waals surface area contributed by atoms with Crippen LogP contribution in [0, 0.1) is 6.92 Å². The second-order valence-electron chi connectivity index (χ2n) is 7.67. The molecule has 0 aliphatic heterocycles. The van der Waals surface area contributed by atoms with Crippen molar-refractivity contribution in [1.82, 2.24) is 9.78 Å². The van der Waals surface area contributed by atoms with Crippen molar-refractivity contribution in [1.29, 1.82) is 0 Å². The van der Waals surface area contributed by atoms with E-state index in [0.717, 1.165) is 13.4 Å². The first-order valence-corrected chi connectivity index (χ1v) is 12.3. The molecule has 1 atom stereocenters. The van der Waals surface area contributed by atoms with Gasteiger partial charge in [-0.05, 0) is 32.9 Å². The molecule has 1 unspecified atom stereocenters. The van der Waals surface area contributed by atoms with Gasteiger partial charge in [-0.2, -0.15) is 5.10 Å². The van der Waals surface area contributed by atoms with Gasteiger partial charge < -0.3 is 23.7 Å². The molecule has 11 nitrogen and oxygen atoms in total. The number of carbonyl (C=O) groups excluding carboxylic acids is 2. The van der Waals surface area contributed by atoms with Crippen LogP contribution < -0.4 is 9.47 Å². The summed E-state index contributed by atoms with van der Waals surface area (Å²) in [6.07, 6.45) is 0.391. The third-order valence-electron chi connectivity index (χ3n) is 4.74. The van der Waals surface area contributed by atoms with E-state index in [9.17, 15) is 18.0 Å². The van der Waals surface area contributed by atoms with Crippen molar-refractivity contribution >= 4 is 21.8 Å². The van der Waals surface area contributed by atoms with Gasteiger partial charge >= 0.3 is 6.16 Å². The topological polar surface area (TPSA) is 132 Å². The lowest BCUT2D eigenvalue weighted by Gasteiger charge is -2.19. The summed E-state index contributed by atoms with van der Waals surface area (Å²) >= 11 is 0. The Bertz CT molecular complexity index is 1140. The Morgan fingerprint density at radius 2 is 1.76 bits per heavy atom. The van der Waals surface area contributed by atoms with Gasteiger partial charge in [-0.25, -0.2) is 17.9 Å². The quantitative estimate of drug-likeness (QED) is 0.197. The average molecular weight is 499 g/mol. The molecule has 0 bridgehead atoms. The Morgan fingerprint density at radius 3 is 2.32 bits per heavy atom. The maximum absolute atomic E-state index is 13.5. The van der Waals surface area contributed by atoms with Crippen molar-refractivity contribution in [3.8, 4) is 11.6 Å². The van der Waals surface area contributed by atoms with Gasteiger partial charge in [0.25, 0.3) is 0 Å². The Morgan fingerprint density at radius 1 is 1.09 bits per heavy atom. The molecule has 1 aromatic carbocycles. The number of nitrogens with zero attached hydrogens (tertiary/aromatic N) is 2. The van der Waals surface area contributed by atoms with E-state index in [2.05, 4.69) is 9.84 Å². The molecule has 0 aliphatic rings. The first kappa shape index (κ1) is 27.1. The number of benzene rings is 1. The predicted octanol–water partition coefficient (Wildman–Crippen LogP) is 2.94. The van der Waals surface area contributed by atoms with Gasteiger partial charge in [0.15, 0.2) is 15.6 Å². The van der Waals surface area contributed by atoms with E-state index < -0.39 is 28.1 Å². The summed E-state index contributed by atoms with van der Waals surface area (Å²) in [5, 5.41) is 4.24. The fourth-order valence-electron chi connectivity index (χ4n) is 3.11. The standard InChI is InChI=1S/C22H30N2O9S/c1-13(2)24-21(32-15(4)33-22(26)30-6)17(12-23-24)19(25)16-8-9-18(34(7,27)28)20(14(16)3)31-11-10-29-5/h8-9,12-13,15H,10-11H2,1-7H3. The monoisotopic (exact) mass is 498 g/mol. The van der Waals surface area contributed by atoms with Crippen LogP contribution in [0.3, 0.4) is 0 Å². The van der Waals surface area contributed by atoms with Crippen molar-refractivity contribution in [3.05, 3.63) is 35.0 Å². The normalized spacial score (nSPS) is 12.4. The fourth-order valence-corrected chi connectivity index (χ4v) is 3.98. The Hall–Kier alpha value is -3.12. The molecule has 0 spiro atoms. The molecular weight excluding hydrogens is 468 g/mol. The third-order valence-corrected chi connectivity index (χ3v) is 5.86. The van der Waals surface area contributed by atoms with Crippen LogP contribution in [0.25, 0.3) is 0 Å². The number of ketones is 1. The molecule has 12 heteroatoms. The maximum atomic E-state index is 13.5. The second-order valence-corrected chi connectivity index (χ2v) is 9.65. The zero-order valence-corrected chi connectivity index (χ0v) is 21.1. The van der Waals surface area contributed by atoms with Gasteiger partial charge in [0.2, 0.25) is 12.2 Å². The summed E-state index contributed by atoms with van der Waals surface area (Å²) in [7, 11) is -0.967. The first-order chi connectivity index (χ1) is 15.9. The summed E-state index contributed by atoms with van der Waals surface area (Å²) in [4.78, 5) is 24.9. The Labute approximate surface area is 198 Å². The van der Waals surface area contributed by atoms with Crippen LogP contribution in [0.1, 0.15) is 48.3 Å². The van der Waals surface area contributed by atoms with E-state index in [0.29, 0.717) is 5.56 Å². The zero-order chi connectivity index (χ0) is 25.6. The number of hydrogen-bond donors (Lipinski definition) is 0. The molecule has 188 valence electrons. The van der Waals surface area contributed by atoms with Crippen LogP contribution >= 0.6 is 0 Å². The summed E-state index contributed by atoms with van der Waals surface area (Å²) in [5.74, 6) is -0.308. The Kier molecular flexibility index (Phi) is 9.05. The SMILES string of the molecule is COCCOc1c(S(C)(=O)=O)ccc(C(=O)c2cnn(C(C)C)c2OC(C)OC(=O)OC)c1C. The van der Waals surface area contributed by atoms with E-state index in [-0.39, 0.29) is 46.9 Å². The van der Waals surface area contributed by atoms with E-state index >= 15 is 0 Å². The van der Waals surface area contributed by atoms with Gasteiger partial charge in [-0.1, -0.05) is 0 Å². The molecule has 0 aliphatic carbocycles. The van der Waals surface area contributed by atoms with E-state index in [1.807, 2.05) is 13.8 Å². The molecule has 0 radical (unpaired) electrons. The fraction of sp³-hybridized carbons (Fsp3) is 0.500. The predicted molar refractivity (Wildman–Crippen MR) is 121 cm³/mol. The minimum absolute atomic E-state index is 0.0351. The molecule has 1 aromatic heterocycles. The molecule has 0 amide bonds. The molecule has 1 heterocycles. The summed E-state index contributed by atoms with van der Waals surface area (Å²) < 4.78 is 51.8. The largest absolute Gasteiger partial charge is 0.511 e. The lowest BCUT2D eigenvalue weighted by molar-refractivity contribution is -0.0518. The van der Waals surface area contributed by atoms with Crippen molar-refractivity contribution in [2.75, 3.05) is 33.7 Å². The van der Waals surface area contributed by atoms with Gasteiger partial charge in [0.05, 0.1) is 26.0 Å². The minimum atomic E-state index is -3.62. The highest BCUT2D eigenvalue weighted by Crippen LogP contribution is 2.34. The smallest absolute Gasteiger partial charge is 0.490 e. The van der Waals surface area contributed by atoms with Crippen molar-refractivity contribution in [2.45, 2.75) is 44.9 Å². The van der Waals surface area contributed by atoms with E-state index in [1.54, 1.807) is 6.92 Å². The lowest BCUT2D eigenvalue weighted by Crippen LogP contribution is -2.23. The molecule has 0 N–H and O–H groups in total. The van der Waals surface area contributed by atoms with Gasteiger partial charge in [-0.3, -0.25) is 4.79 Å². The van der Waals surface area contributed by atoms with Crippen molar-refractivity contribution in [2.24, 2.45) is 0 Å². The number of hydrogen-bond acceptors (Lipinski definition) is 10.